The van der Waals surface area contributed by atoms with Crippen LogP contribution in [0.2, 0.25) is 0 Å². The molecule has 2 aliphatic rings. The molecule has 25 heavy (non-hydrogen) atoms. The van der Waals surface area contributed by atoms with E-state index in [9.17, 15) is 4.79 Å². The molecule has 0 bridgehead atoms. The summed E-state index contributed by atoms with van der Waals surface area (Å²) in [6.07, 6.45) is 11.0. The fraction of sp³-hybridized carbons (Fsp3) is 0.474. The van der Waals surface area contributed by atoms with Crippen molar-refractivity contribution in [1.82, 2.24) is 19.9 Å². The summed E-state index contributed by atoms with van der Waals surface area (Å²) < 4.78 is 0. The van der Waals surface area contributed by atoms with E-state index in [-0.39, 0.29) is 5.91 Å². The Balaban J connectivity index is 1.58. The van der Waals surface area contributed by atoms with E-state index in [1.165, 1.54) is 6.33 Å². The van der Waals surface area contributed by atoms with E-state index in [4.69, 9.17) is 0 Å². The van der Waals surface area contributed by atoms with Gasteiger partial charge in [-0.1, -0.05) is 6.92 Å². The third-order valence-corrected chi connectivity index (χ3v) is 5.20. The Labute approximate surface area is 147 Å². The predicted molar refractivity (Wildman–Crippen MR) is 95.9 cm³/mol. The molecule has 2 aromatic rings. The van der Waals surface area contributed by atoms with Gasteiger partial charge >= 0.3 is 0 Å². The average Bonchev–Trinajstić information content (AvgIpc) is 2.68. The smallest absolute Gasteiger partial charge is 0.255 e. The molecule has 0 saturated carbocycles. The minimum absolute atomic E-state index is 0.113. The van der Waals surface area contributed by atoms with Crippen LogP contribution in [0, 0.1) is 5.92 Å². The highest BCUT2D eigenvalue weighted by atomic mass is 16.2. The number of pyridine rings is 1. The Bertz CT molecular complexity index is 756. The Morgan fingerprint density at radius 1 is 1.12 bits per heavy atom. The standard InChI is InChI=1S/C19H23N5O/c1-14-4-7-23(8-5-14)19(25)16-9-15-3-2-6-24(18(15)22-10-16)17-11-20-13-21-12-17/h9-14H,2-8H2,1H3. The monoisotopic (exact) mass is 337 g/mol. The summed E-state index contributed by atoms with van der Waals surface area (Å²) in [7, 11) is 0. The van der Waals surface area contributed by atoms with Crippen LogP contribution in [0.5, 0.6) is 0 Å². The molecule has 0 aromatic carbocycles. The second-order valence-corrected chi connectivity index (χ2v) is 7.03. The number of likely N-dealkylation sites (tertiary alicyclic amines) is 1. The van der Waals surface area contributed by atoms with E-state index in [0.29, 0.717) is 11.5 Å². The van der Waals surface area contributed by atoms with Crippen LogP contribution < -0.4 is 4.90 Å². The maximum atomic E-state index is 12.8. The largest absolute Gasteiger partial charge is 0.339 e. The third-order valence-electron chi connectivity index (χ3n) is 5.20. The molecule has 4 rings (SSSR count). The molecule has 2 aliphatic heterocycles. The lowest BCUT2D eigenvalue weighted by Crippen LogP contribution is -2.38. The lowest BCUT2D eigenvalue weighted by molar-refractivity contribution is 0.0696. The number of rotatable bonds is 2. The van der Waals surface area contributed by atoms with Gasteiger partial charge in [0.2, 0.25) is 0 Å². The maximum Gasteiger partial charge on any atom is 0.255 e. The Hall–Kier alpha value is -2.50. The molecule has 1 amide bonds. The summed E-state index contributed by atoms with van der Waals surface area (Å²) in [5.74, 6) is 1.75. The lowest BCUT2D eigenvalue weighted by atomic mass is 9.98. The van der Waals surface area contributed by atoms with Gasteiger partial charge in [0.15, 0.2) is 0 Å². The van der Waals surface area contributed by atoms with Gasteiger partial charge in [-0.25, -0.2) is 15.0 Å². The molecule has 6 heteroatoms. The predicted octanol–water partition coefficient (Wildman–Crippen LogP) is 2.83. The van der Waals surface area contributed by atoms with Gasteiger partial charge in [0.1, 0.15) is 12.1 Å². The van der Waals surface area contributed by atoms with E-state index >= 15 is 0 Å². The van der Waals surface area contributed by atoms with E-state index in [1.54, 1.807) is 18.6 Å². The highest BCUT2D eigenvalue weighted by Gasteiger charge is 2.25. The number of hydrogen-bond acceptors (Lipinski definition) is 5. The normalized spacial score (nSPS) is 18.1. The van der Waals surface area contributed by atoms with Crippen LogP contribution >= 0.6 is 0 Å². The van der Waals surface area contributed by atoms with Crippen LogP contribution in [0.4, 0.5) is 11.5 Å². The molecule has 0 unspecified atom stereocenters. The number of carbonyl (C=O) groups is 1. The molecule has 1 fully saturated rings. The number of hydrogen-bond donors (Lipinski definition) is 0. The van der Waals surface area contributed by atoms with Crippen molar-refractivity contribution < 1.29 is 4.79 Å². The lowest BCUT2D eigenvalue weighted by Gasteiger charge is -2.32. The van der Waals surface area contributed by atoms with Crippen molar-refractivity contribution in [3.63, 3.8) is 0 Å². The second-order valence-electron chi connectivity index (χ2n) is 7.03. The molecule has 0 radical (unpaired) electrons. The summed E-state index contributed by atoms with van der Waals surface area (Å²) in [6, 6.07) is 2.03. The fourth-order valence-electron chi connectivity index (χ4n) is 3.66. The van der Waals surface area contributed by atoms with Gasteiger partial charge in [-0.3, -0.25) is 4.79 Å². The molecule has 4 heterocycles. The van der Waals surface area contributed by atoms with E-state index < -0.39 is 0 Å². The second kappa shape index (κ2) is 6.78. The number of amides is 1. The number of anilines is 2. The zero-order valence-electron chi connectivity index (χ0n) is 14.6. The molecule has 0 spiro atoms. The van der Waals surface area contributed by atoms with Crippen molar-refractivity contribution in [2.45, 2.75) is 32.6 Å². The highest BCUT2D eigenvalue weighted by Crippen LogP contribution is 2.31. The van der Waals surface area contributed by atoms with Gasteiger partial charge in [0.25, 0.3) is 5.91 Å². The molecular formula is C19H23N5O. The Kier molecular flexibility index (Phi) is 4.34. The molecule has 0 N–H and O–H groups in total. The highest BCUT2D eigenvalue weighted by molar-refractivity contribution is 5.94. The van der Waals surface area contributed by atoms with Crippen LogP contribution in [-0.2, 0) is 6.42 Å². The fourth-order valence-corrected chi connectivity index (χ4v) is 3.66. The van der Waals surface area contributed by atoms with Crippen molar-refractivity contribution in [1.29, 1.82) is 0 Å². The Morgan fingerprint density at radius 2 is 1.88 bits per heavy atom. The molecule has 2 aromatic heterocycles. The minimum Gasteiger partial charge on any atom is -0.339 e. The average molecular weight is 337 g/mol. The molecular weight excluding hydrogens is 314 g/mol. The number of piperidine rings is 1. The first kappa shape index (κ1) is 16.0. The van der Waals surface area contributed by atoms with Crippen molar-refractivity contribution in [3.8, 4) is 0 Å². The van der Waals surface area contributed by atoms with Crippen LogP contribution in [0.1, 0.15) is 42.1 Å². The minimum atomic E-state index is 0.113. The van der Waals surface area contributed by atoms with Crippen LogP contribution in [0.25, 0.3) is 0 Å². The molecule has 130 valence electrons. The molecule has 0 aliphatic carbocycles. The van der Waals surface area contributed by atoms with Crippen molar-refractivity contribution >= 4 is 17.4 Å². The zero-order valence-corrected chi connectivity index (χ0v) is 14.6. The first-order chi connectivity index (χ1) is 12.2. The summed E-state index contributed by atoms with van der Waals surface area (Å²) in [4.78, 5) is 29.7. The number of aromatic nitrogens is 3. The van der Waals surface area contributed by atoms with Gasteiger partial charge < -0.3 is 9.80 Å². The van der Waals surface area contributed by atoms with Crippen LogP contribution in [0.15, 0.2) is 31.0 Å². The summed E-state index contributed by atoms with van der Waals surface area (Å²) in [5, 5.41) is 0. The van der Waals surface area contributed by atoms with Crippen molar-refractivity contribution in [2.75, 3.05) is 24.5 Å². The molecule has 6 nitrogen and oxygen atoms in total. The van der Waals surface area contributed by atoms with E-state index in [1.807, 2.05) is 11.0 Å². The van der Waals surface area contributed by atoms with Crippen molar-refractivity contribution in [3.05, 3.63) is 42.1 Å². The van der Waals surface area contributed by atoms with Crippen LogP contribution in [-0.4, -0.2) is 45.4 Å². The topological polar surface area (TPSA) is 62.2 Å². The van der Waals surface area contributed by atoms with Gasteiger partial charge in [-0.05, 0) is 43.2 Å². The first-order valence-corrected chi connectivity index (χ1v) is 9.03. The summed E-state index contributed by atoms with van der Waals surface area (Å²) >= 11 is 0. The Morgan fingerprint density at radius 3 is 2.64 bits per heavy atom. The van der Waals surface area contributed by atoms with Gasteiger partial charge in [-0.15, -0.1) is 0 Å². The van der Waals surface area contributed by atoms with Gasteiger partial charge in [0.05, 0.1) is 23.6 Å². The third kappa shape index (κ3) is 3.21. The number of aryl methyl sites for hydroxylation is 1. The maximum absolute atomic E-state index is 12.8. The molecule has 1 saturated heterocycles. The van der Waals surface area contributed by atoms with Crippen molar-refractivity contribution in [2.24, 2.45) is 5.92 Å². The van der Waals surface area contributed by atoms with E-state index in [0.717, 1.165) is 62.4 Å². The SMILES string of the molecule is CC1CCN(C(=O)c2cnc3c(c2)CCCN3c2cncnc2)CC1. The first-order valence-electron chi connectivity index (χ1n) is 9.03. The summed E-state index contributed by atoms with van der Waals surface area (Å²) in [6.45, 7) is 4.85. The molecule has 0 atom stereocenters. The number of nitrogens with zero attached hydrogens (tertiary/aromatic N) is 5. The number of carbonyl (C=O) groups excluding carboxylic acids is 1. The van der Waals surface area contributed by atoms with Gasteiger partial charge in [-0.2, -0.15) is 0 Å². The zero-order chi connectivity index (χ0) is 17.2. The number of fused-ring (bicyclic) bond motifs is 1. The van der Waals surface area contributed by atoms with E-state index in [2.05, 4.69) is 26.8 Å². The summed E-state index contributed by atoms with van der Waals surface area (Å²) in [5.41, 5.74) is 2.78. The van der Waals surface area contributed by atoms with Crippen LogP contribution in [0.3, 0.4) is 0 Å². The quantitative estimate of drug-likeness (QED) is 0.843. The van der Waals surface area contributed by atoms with Gasteiger partial charge in [0, 0.05) is 25.8 Å².